The molecule has 5 nitrogen and oxygen atoms in total. The number of nitrogens with one attached hydrogen (secondary N) is 2. The molecule has 0 saturated heterocycles. The molecule has 132 valence electrons. The van der Waals surface area contributed by atoms with Crippen LogP contribution in [0.25, 0.3) is 0 Å². The lowest BCUT2D eigenvalue weighted by atomic mass is 10.1. The highest BCUT2D eigenvalue weighted by Crippen LogP contribution is 2.08. The molecule has 0 atom stereocenters. The molecule has 0 amide bonds. The zero-order chi connectivity index (χ0) is 16.2. The third-order valence-electron chi connectivity index (χ3n) is 3.07. The second-order valence-corrected chi connectivity index (χ2v) is 5.53. The zero-order valence-corrected chi connectivity index (χ0v) is 17.1. The van der Waals surface area contributed by atoms with Crippen molar-refractivity contribution in [3.63, 3.8) is 0 Å². The largest absolute Gasteiger partial charge is 0.385 e. The Kier molecular flexibility index (Phi) is 13.1. The average Bonchev–Trinajstić information content (AvgIpc) is 2.49. The number of aliphatic imine (C=N–C) groups is 1. The minimum absolute atomic E-state index is 0. The topological polar surface area (TPSA) is 48.9 Å². The molecule has 1 rings (SSSR count). The summed E-state index contributed by atoms with van der Waals surface area (Å²) >= 11 is 0. The van der Waals surface area contributed by atoms with Crippen molar-refractivity contribution in [1.29, 1.82) is 0 Å². The van der Waals surface area contributed by atoms with E-state index in [4.69, 9.17) is 4.74 Å². The van der Waals surface area contributed by atoms with E-state index in [1.807, 2.05) is 0 Å². The summed E-state index contributed by atoms with van der Waals surface area (Å²) in [7, 11) is 5.89. The van der Waals surface area contributed by atoms with Gasteiger partial charge in [-0.2, -0.15) is 0 Å². The quantitative estimate of drug-likeness (QED) is 0.271. The maximum Gasteiger partial charge on any atom is 0.191 e. The molecule has 1 aromatic rings. The van der Waals surface area contributed by atoms with E-state index in [0.717, 1.165) is 38.6 Å². The third kappa shape index (κ3) is 10.5. The van der Waals surface area contributed by atoms with Crippen LogP contribution in [0.4, 0.5) is 0 Å². The summed E-state index contributed by atoms with van der Waals surface area (Å²) in [6.45, 7) is 6.19. The smallest absolute Gasteiger partial charge is 0.191 e. The van der Waals surface area contributed by atoms with Crippen LogP contribution < -0.4 is 10.6 Å². The molecule has 0 aliphatic carbocycles. The van der Waals surface area contributed by atoms with Gasteiger partial charge in [-0.05, 0) is 38.6 Å². The Hall–Kier alpha value is -0.860. The first kappa shape index (κ1) is 22.1. The van der Waals surface area contributed by atoms with Crippen LogP contribution >= 0.6 is 24.0 Å². The van der Waals surface area contributed by atoms with Crippen molar-refractivity contribution in [2.24, 2.45) is 4.99 Å². The number of ether oxygens (including phenoxy) is 1. The fraction of sp³-hybridized carbons (Fsp3) is 0.588. The minimum atomic E-state index is 0. The minimum Gasteiger partial charge on any atom is -0.385 e. The van der Waals surface area contributed by atoms with Crippen molar-refractivity contribution in [2.45, 2.75) is 26.4 Å². The highest BCUT2D eigenvalue weighted by atomic mass is 127. The summed E-state index contributed by atoms with van der Waals surface area (Å²) in [5.74, 6) is 0.858. The van der Waals surface area contributed by atoms with E-state index in [2.05, 4.69) is 65.8 Å². The number of halogens is 1. The van der Waals surface area contributed by atoms with E-state index in [-0.39, 0.29) is 24.0 Å². The number of hydrogen-bond donors (Lipinski definition) is 2. The Balaban J connectivity index is 0.00000484. The molecule has 6 heteroatoms. The van der Waals surface area contributed by atoms with Crippen LogP contribution in [-0.4, -0.2) is 51.8 Å². The van der Waals surface area contributed by atoms with Gasteiger partial charge < -0.3 is 20.3 Å². The molecule has 0 radical (unpaired) electrons. The number of benzene rings is 1. The summed E-state index contributed by atoms with van der Waals surface area (Å²) in [5.41, 5.74) is 2.55. The molecule has 2 N–H and O–H groups in total. The number of hydrogen-bond acceptors (Lipinski definition) is 3. The summed E-state index contributed by atoms with van der Waals surface area (Å²) in [6, 6.07) is 8.60. The Morgan fingerprint density at radius 3 is 2.61 bits per heavy atom. The highest BCUT2D eigenvalue weighted by molar-refractivity contribution is 14.0. The summed E-state index contributed by atoms with van der Waals surface area (Å²) in [5, 5.41) is 6.59. The van der Waals surface area contributed by atoms with Gasteiger partial charge in [-0.1, -0.05) is 24.3 Å². The molecule has 23 heavy (non-hydrogen) atoms. The van der Waals surface area contributed by atoms with E-state index in [0.29, 0.717) is 6.54 Å². The van der Waals surface area contributed by atoms with Crippen LogP contribution in [0.2, 0.25) is 0 Å². The van der Waals surface area contributed by atoms with Gasteiger partial charge in [0.05, 0.1) is 6.54 Å². The number of methoxy groups -OCH3 is 1. The molecular weight excluding hydrogens is 403 g/mol. The van der Waals surface area contributed by atoms with Crippen LogP contribution in [0.5, 0.6) is 0 Å². The first-order chi connectivity index (χ1) is 10.7. The Labute approximate surface area is 157 Å². The molecule has 0 heterocycles. The zero-order valence-electron chi connectivity index (χ0n) is 14.8. The van der Waals surface area contributed by atoms with Crippen molar-refractivity contribution >= 4 is 29.9 Å². The molecule has 0 spiro atoms. The van der Waals surface area contributed by atoms with Crippen molar-refractivity contribution in [2.75, 3.05) is 40.9 Å². The van der Waals surface area contributed by atoms with Crippen LogP contribution in [0.1, 0.15) is 24.5 Å². The van der Waals surface area contributed by atoms with Crippen LogP contribution in [0, 0.1) is 0 Å². The Bertz CT molecular complexity index is 452. The lowest BCUT2D eigenvalue weighted by Gasteiger charge is -2.12. The standard InChI is InChI=1S/C17H30N4O.HI/c1-5-18-17(19-10-7-11-22-4)20-13-15-8-6-9-16(12-15)14-21(2)3;/h6,8-9,12H,5,7,10-11,13-14H2,1-4H3,(H2,18,19,20);1H. The maximum absolute atomic E-state index is 5.05. The van der Waals surface area contributed by atoms with Gasteiger partial charge in [-0.3, -0.25) is 0 Å². The van der Waals surface area contributed by atoms with E-state index in [1.54, 1.807) is 7.11 Å². The summed E-state index contributed by atoms with van der Waals surface area (Å²) < 4.78 is 5.05. The predicted octanol–water partition coefficient (Wildman–Crippen LogP) is 2.46. The molecule has 0 unspecified atom stereocenters. The number of nitrogens with zero attached hydrogens (tertiary/aromatic N) is 2. The Morgan fingerprint density at radius 1 is 1.22 bits per heavy atom. The molecule has 0 saturated carbocycles. The van der Waals surface area contributed by atoms with Crippen molar-refractivity contribution < 1.29 is 4.74 Å². The van der Waals surface area contributed by atoms with E-state index >= 15 is 0 Å². The average molecular weight is 434 g/mol. The van der Waals surface area contributed by atoms with E-state index in [9.17, 15) is 0 Å². The molecule has 0 aliphatic heterocycles. The summed E-state index contributed by atoms with van der Waals surface area (Å²) in [6.07, 6.45) is 0.971. The van der Waals surface area contributed by atoms with Gasteiger partial charge >= 0.3 is 0 Å². The normalized spacial score (nSPS) is 11.3. The maximum atomic E-state index is 5.05. The van der Waals surface area contributed by atoms with Gasteiger partial charge in [-0.25, -0.2) is 4.99 Å². The van der Waals surface area contributed by atoms with Gasteiger partial charge in [0.15, 0.2) is 5.96 Å². The fourth-order valence-electron chi connectivity index (χ4n) is 2.13. The van der Waals surface area contributed by atoms with Crippen LogP contribution in [0.15, 0.2) is 29.3 Å². The summed E-state index contributed by atoms with van der Waals surface area (Å²) in [4.78, 5) is 6.81. The first-order valence-corrected chi connectivity index (χ1v) is 7.89. The lowest BCUT2D eigenvalue weighted by Crippen LogP contribution is -2.38. The van der Waals surface area contributed by atoms with E-state index < -0.39 is 0 Å². The van der Waals surface area contributed by atoms with Crippen LogP contribution in [-0.2, 0) is 17.8 Å². The van der Waals surface area contributed by atoms with Gasteiger partial charge in [-0.15, -0.1) is 24.0 Å². The second-order valence-electron chi connectivity index (χ2n) is 5.53. The lowest BCUT2D eigenvalue weighted by molar-refractivity contribution is 0.195. The van der Waals surface area contributed by atoms with Crippen LogP contribution in [0.3, 0.4) is 0 Å². The SMILES string of the molecule is CCNC(=NCc1cccc(CN(C)C)c1)NCCCOC.I. The van der Waals surface area contributed by atoms with Gasteiger partial charge in [0.2, 0.25) is 0 Å². The second kappa shape index (κ2) is 13.6. The predicted molar refractivity (Wildman–Crippen MR) is 109 cm³/mol. The van der Waals surface area contributed by atoms with E-state index in [1.165, 1.54) is 11.1 Å². The molecule has 1 aromatic carbocycles. The van der Waals surface area contributed by atoms with Crippen molar-refractivity contribution in [1.82, 2.24) is 15.5 Å². The third-order valence-corrected chi connectivity index (χ3v) is 3.07. The first-order valence-electron chi connectivity index (χ1n) is 7.89. The molecule has 0 aliphatic rings. The molecular formula is C17H31IN4O. The van der Waals surface area contributed by atoms with Crippen molar-refractivity contribution in [3.05, 3.63) is 35.4 Å². The van der Waals surface area contributed by atoms with Gasteiger partial charge in [0.1, 0.15) is 0 Å². The number of rotatable bonds is 9. The fourth-order valence-corrected chi connectivity index (χ4v) is 2.13. The Morgan fingerprint density at radius 2 is 1.96 bits per heavy atom. The molecule has 0 bridgehead atoms. The van der Waals surface area contributed by atoms with Crippen molar-refractivity contribution in [3.8, 4) is 0 Å². The van der Waals surface area contributed by atoms with Gasteiger partial charge in [0.25, 0.3) is 0 Å². The van der Waals surface area contributed by atoms with Gasteiger partial charge in [0, 0.05) is 33.4 Å². The molecule has 0 aromatic heterocycles. The number of guanidine groups is 1. The highest BCUT2D eigenvalue weighted by Gasteiger charge is 2.00. The monoisotopic (exact) mass is 434 g/mol. The molecule has 0 fully saturated rings.